The zero-order valence-electron chi connectivity index (χ0n) is 5.45. The zero-order valence-corrected chi connectivity index (χ0v) is 7.85. The molecule has 0 bridgehead atoms. The molecule has 0 saturated heterocycles. The SMILES string of the molecule is ClCCC[P]CCCCl. The maximum Gasteiger partial charge on any atom is 0.0226 e. The van der Waals surface area contributed by atoms with Gasteiger partial charge in [-0.25, -0.2) is 0 Å². The molecule has 0 aliphatic rings. The summed E-state index contributed by atoms with van der Waals surface area (Å²) in [6.07, 6.45) is 4.76. The molecule has 55 valence electrons. The fourth-order valence-electron chi connectivity index (χ4n) is 0.455. The van der Waals surface area contributed by atoms with Crippen molar-refractivity contribution in [1.29, 1.82) is 0 Å². The Labute approximate surface area is 69.1 Å². The molecule has 0 aromatic heterocycles. The highest BCUT2D eigenvalue weighted by molar-refractivity contribution is 7.37. The van der Waals surface area contributed by atoms with Crippen LogP contribution in [0.5, 0.6) is 0 Å². The van der Waals surface area contributed by atoms with Gasteiger partial charge in [0, 0.05) is 11.8 Å². The van der Waals surface area contributed by atoms with E-state index in [2.05, 4.69) is 0 Å². The fraction of sp³-hybridized carbons (Fsp3) is 1.00. The van der Waals surface area contributed by atoms with Gasteiger partial charge in [0.2, 0.25) is 0 Å². The van der Waals surface area contributed by atoms with Crippen LogP contribution in [-0.4, -0.2) is 24.1 Å². The van der Waals surface area contributed by atoms with Crippen molar-refractivity contribution in [2.75, 3.05) is 24.1 Å². The van der Waals surface area contributed by atoms with Crippen LogP contribution in [0.2, 0.25) is 0 Å². The van der Waals surface area contributed by atoms with Crippen molar-refractivity contribution in [3.05, 3.63) is 0 Å². The van der Waals surface area contributed by atoms with E-state index in [1.54, 1.807) is 0 Å². The molecule has 0 aliphatic carbocycles. The third kappa shape index (κ3) is 9.01. The number of alkyl halides is 2. The van der Waals surface area contributed by atoms with Crippen molar-refractivity contribution in [2.45, 2.75) is 12.8 Å². The highest BCUT2D eigenvalue weighted by atomic mass is 35.5. The van der Waals surface area contributed by atoms with Crippen LogP contribution in [0.4, 0.5) is 0 Å². The van der Waals surface area contributed by atoms with Crippen LogP contribution in [0.15, 0.2) is 0 Å². The smallest absolute Gasteiger partial charge is 0.0226 e. The Hall–Kier alpha value is 1.01. The molecular formula is C6H12Cl2P. The molecule has 0 rings (SSSR count). The molecule has 0 saturated carbocycles. The Kier molecular flexibility index (Phi) is 10.0. The van der Waals surface area contributed by atoms with Crippen molar-refractivity contribution in [3.63, 3.8) is 0 Å². The Bertz CT molecular complexity index is 44.3. The molecule has 0 spiro atoms. The van der Waals surface area contributed by atoms with Crippen molar-refractivity contribution < 1.29 is 0 Å². The van der Waals surface area contributed by atoms with E-state index in [-0.39, 0.29) is 0 Å². The Morgan fingerprint density at radius 2 is 1.33 bits per heavy atom. The summed E-state index contributed by atoms with van der Waals surface area (Å²) in [5.41, 5.74) is 0. The van der Waals surface area contributed by atoms with Crippen molar-refractivity contribution in [2.24, 2.45) is 0 Å². The second-order valence-corrected chi connectivity index (χ2v) is 3.85. The molecule has 0 nitrogen and oxygen atoms in total. The van der Waals surface area contributed by atoms with Crippen LogP contribution in [-0.2, 0) is 0 Å². The lowest BCUT2D eigenvalue weighted by atomic mass is 10.6. The summed E-state index contributed by atoms with van der Waals surface area (Å²) in [6.45, 7) is 0. The summed E-state index contributed by atoms with van der Waals surface area (Å²) < 4.78 is 0. The lowest BCUT2D eigenvalue weighted by molar-refractivity contribution is 1.07. The number of hydrogen-bond acceptors (Lipinski definition) is 0. The first-order valence-corrected chi connectivity index (χ1v) is 5.50. The third-order valence-corrected chi connectivity index (χ3v) is 2.70. The summed E-state index contributed by atoms with van der Waals surface area (Å²) in [6, 6.07) is 0. The molecule has 0 unspecified atom stereocenters. The number of halogens is 2. The normalized spacial score (nSPS) is 10.0. The van der Waals surface area contributed by atoms with E-state index in [0.29, 0.717) is 0 Å². The maximum absolute atomic E-state index is 5.48. The molecule has 0 fully saturated rings. The Morgan fingerprint density at radius 3 is 1.67 bits per heavy atom. The van der Waals surface area contributed by atoms with Gasteiger partial charge in [0.15, 0.2) is 0 Å². The van der Waals surface area contributed by atoms with Gasteiger partial charge in [0.1, 0.15) is 0 Å². The van der Waals surface area contributed by atoms with Gasteiger partial charge in [-0.2, -0.15) is 0 Å². The molecule has 0 aromatic carbocycles. The van der Waals surface area contributed by atoms with E-state index in [4.69, 9.17) is 23.2 Å². The predicted octanol–water partition coefficient (Wildman–Crippen LogP) is 3.19. The van der Waals surface area contributed by atoms with E-state index in [0.717, 1.165) is 24.6 Å². The highest BCUT2D eigenvalue weighted by Gasteiger charge is 1.87. The van der Waals surface area contributed by atoms with Crippen LogP contribution >= 0.6 is 31.8 Å². The first-order valence-electron chi connectivity index (χ1n) is 3.17. The minimum atomic E-state index is 0.799. The minimum absolute atomic E-state index is 0.799. The summed E-state index contributed by atoms with van der Waals surface area (Å²) >= 11 is 11.0. The summed E-state index contributed by atoms with van der Waals surface area (Å²) in [4.78, 5) is 0. The predicted molar refractivity (Wildman–Crippen MR) is 47.3 cm³/mol. The number of rotatable bonds is 6. The highest BCUT2D eigenvalue weighted by Crippen LogP contribution is 2.12. The van der Waals surface area contributed by atoms with Crippen LogP contribution in [0.3, 0.4) is 0 Å². The van der Waals surface area contributed by atoms with Crippen molar-refractivity contribution >= 4 is 31.8 Å². The lowest BCUT2D eigenvalue weighted by Crippen LogP contribution is -1.82. The first kappa shape index (κ1) is 10.0. The van der Waals surface area contributed by atoms with E-state index in [1.807, 2.05) is 0 Å². The summed E-state index contributed by atoms with van der Waals surface area (Å²) in [7, 11) is 1.51. The number of hydrogen-bond donors (Lipinski definition) is 0. The van der Waals surface area contributed by atoms with E-state index >= 15 is 0 Å². The summed E-state index contributed by atoms with van der Waals surface area (Å²) in [5, 5.41) is 0. The summed E-state index contributed by atoms with van der Waals surface area (Å²) in [5.74, 6) is 1.60. The van der Waals surface area contributed by atoms with Gasteiger partial charge in [0.25, 0.3) is 0 Å². The van der Waals surface area contributed by atoms with Gasteiger partial charge in [-0.05, 0) is 25.2 Å². The van der Waals surface area contributed by atoms with Gasteiger partial charge in [-0.15, -0.1) is 23.2 Å². The average molecular weight is 186 g/mol. The topological polar surface area (TPSA) is 0 Å². The molecule has 0 aliphatic heterocycles. The van der Waals surface area contributed by atoms with E-state index < -0.39 is 0 Å². The fourth-order valence-corrected chi connectivity index (χ4v) is 2.08. The van der Waals surface area contributed by atoms with Gasteiger partial charge < -0.3 is 0 Å². The van der Waals surface area contributed by atoms with Gasteiger partial charge in [-0.1, -0.05) is 8.58 Å². The quantitative estimate of drug-likeness (QED) is 0.339. The molecule has 0 N–H and O–H groups in total. The van der Waals surface area contributed by atoms with E-state index in [9.17, 15) is 0 Å². The minimum Gasteiger partial charge on any atom is -0.127 e. The second kappa shape index (κ2) is 9.01. The van der Waals surface area contributed by atoms with Crippen LogP contribution in [0, 0.1) is 0 Å². The van der Waals surface area contributed by atoms with Crippen molar-refractivity contribution in [1.82, 2.24) is 0 Å². The largest absolute Gasteiger partial charge is 0.127 e. The Balaban J connectivity index is 2.60. The van der Waals surface area contributed by atoms with Gasteiger partial charge in [-0.3, -0.25) is 0 Å². The molecule has 0 heterocycles. The van der Waals surface area contributed by atoms with Crippen LogP contribution in [0.1, 0.15) is 12.8 Å². The molecule has 0 aromatic rings. The van der Waals surface area contributed by atoms with Crippen LogP contribution < -0.4 is 0 Å². The average Bonchev–Trinajstić information content (AvgIpc) is 1.89. The standard InChI is InChI=1S/C6H12Cl2P/c7-3-1-5-9-6-2-4-8/h1-6H2. The molecule has 1 radical (unpaired) electrons. The monoisotopic (exact) mass is 185 g/mol. The van der Waals surface area contributed by atoms with Gasteiger partial charge >= 0.3 is 0 Å². The lowest BCUT2D eigenvalue weighted by Gasteiger charge is -1.94. The molecule has 0 amide bonds. The third-order valence-electron chi connectivity index (χ3n) is 0.900. The zero-order chi connectivity index (χ0) is 6.95. The molecular weight excluding hydrogens is 174 g/mol. The molecule has 3 heteroatoms. The van der Waals surface area contributed by atoms with E-state index in [1.165, 1.54) is 20.9 Å². The Morgan fingerprint density at radius 1 is 0.889 bits per heavy atom. The van der Waals surface area contributed by atoms with Gasteiger partial charge in [0.05, 0.1) is 0 Å². The van der Waals surface area contributed by atoms with Crippen molar-refractivity contribution in [3.8, 4) is 0 Å². The first-order chi connectivity index (χ1) is 4.41. The molecule has 0 atom stereocenters. The molecule has 9 heavy (non-hydrogen) atoms. The maximum atomic E-state index is 5.48. The van der Waals surface area contributed by atoms with Crippen LogP contribution in [0.25, 0.3) is 0 Å². The second-order valence-electron chi connectivity index (χ2n) is 1.76.